The van der Waals surface area contributed by atoms with Crippen LogP contribution in [0.5, 0.6) is 0 Å². The van der Waals surface area contributed by atoms with Crippen LogP contribution in [-0.2, 0) is 0 Å². The zero-order valence-corrected chi connectivity index (χ0v) is 10.9. The molecule has 0 radical (unpaired) electrons. The Balaban J connectivity index is 2.46. The van der Waals surface area contributed by atoms with Crippen LogP contribution in [0.3, 0.4) is 0 Å². The van der Waals surface area contributed by atoms with E-state index in [1.165, 1.54) is 12.8 Å². The first-order chi connectivity index (χ1) is 6.45. The minimum atomic E-state index is -1.13. The summed E-state index contributed by atoms with van der Waals surface area (Å²) >= 11 is 0. The topological polar surface area (TPSA) is 27.0 Å². The van der Waals surface area contributed by atoms with E-state index in [4.69, 9.17) is 5.26 Å². The molecule has 0 saturated heterocycles. The lowest BCUT2D eigenvalue weighted by atomic mass is 9.87. The highest BCUT2D eigenvalue weighted by Gasteiger charge is 2.30. The quantitative estimate of drug-likeness (QED) is 0.655. The van der Waals surface area contributed by atoms with Gasteiger partial charge in [-0.1, -0.05) is 19.6 Å². The van der Waals surface area contributed by atoms with E-state index in [1.54, 1.807) is 0 Å². The van der Waals surface area contributed by atoms with E-state index >= 15 is 0 Å². The van der Waals surface area contributed by atoms with Gasteiger partial charge in [-0.05, 0) is 32.7 Å². The normalized spacial score (nSPS) is 28.9. The first-order valence-electron chi connectivity index (χ1n) is 5.57. The summed E-state index contributed by atoms with van der Waals surface area (Å²) in [5.41, 5.74) is 0. The molecule has 1 fully saturated rings. The van der Waals surface area contributed by atoms with Crippen molar-refractivity contribution in [3.63, 3.8) is 0 Å². The smallest absolute Gasteiger partial charge is 0.119 e. The third kappa shape index (κ3) is 2.83. The van der Waals surface area contributed by atoms with Crippen molar-refractivity contribution in [3.8, 4) is 6.07 Å². The fourth-order valence-corrected chi connectivity index (χ4v) is 3.49. The van der Waals surface area contributed by atoms with E-state index in [0.717, 1.165) is 18.9 Å². The van der Waals surface area contributed by atoms with Gasteiger partial charge in [0.15, 0.2) is 0 Å². The molecule has 0 bridgehead atoms. The molecule has 0 aromatic rings. The van der Waals surface area contributed by atoms with Crippen LogP contribution >= 0.6 is 0 Å². The maximum Gasteiger partial charge on any atom is 0.119 e. The number of hydrogen-bond acceptors (Lipinski definition) is 2. The number of nitrogens with zero attached hydrogens (tertiary/aromatic N) is 2. The summed E-state index contributed by atoms with van der Waals surface area (Å²) in [6.45, 7) is 7.18. The minimum Gasteiger partial charge on any atom is -0.324 e. The number of nitriles is 1. The van der Waals surface area contributed by atoms with Crippen LogP contribution in [0.1, 0.15) is 25.7 Å². The van der Waals surface area contributed by atoms with Gasteiger partial charge in [0.1, 0.15) is 8.24 Å². The fourth-order valence-electron chi connectivity index (χ4n) is 2.14. The van der Waals surface area contributed by atoms with Gasteiger partial charge in [-0.25, -0.2) is 0 Å². The van der Waals surface area contributed by atoms with Crippen molar-refractivity contribution < 1.29 is 0 Å². The maximum absolute atomic E-state index is 8.82. The summed E-state index contributed by atoms with van der Waals surface area (Å²) in [6.07, 6.45) is 4.66. The molecule has 0 amide bonds. The van der Waals surface area contributed by atoms with Crippen molar-refractivity contribution in [1.29, 1.82) is 5.26 Å². The highest BCUT2D eigenvalue weighted by molar-refractivity contribution is 6.73. The first-order valence-corrected chi connectivity index (χ1v) is 9.02. The average Bonchev–Trinajstić information content (AvgIpc) is 2.15. The molecule has 1 aliphatic rings. The molecule has 0 aromatic carbocycles. The Labute approximate surface area is 89.0 Å². The van der Waals surface area contributed by atoms with Crippen LogP contribution in [0.15, 0.2) is 0 Å². The minimum absolute atomic E-state index is 0.335. The van der Waals surface area contributed by atoms with Crippen LogP contribution in [0.4, 0.5) is 0 Å². The Morgan fingerprint density at radius 2 is 1.64 bits per heavy atom. The second kappa shape index (κ2) is 4.46. The molecule has 0 atom stereocenters. The van der Waals surface area contributed by atoms with E-state index in [-0.39, 0.29) is 0 Å². The summed E-state index contributed by atoms with van der Waals surface area (Å²) in [4.78, 5) is 0. The molecule has 0 N–H and O–H groups in total. The van der Waals surface area contributed by atoms with E-state index < -0.39 is 8.24 Å². The summed E-state index contributed by atoms with van der Waals surface area (Å²) in [5.74, 6) is 0.335. The Hall–Kier alpha value is -0.333. The third-order valence-corrected chi connectivity index (χ3v) is 5.97. The molecule has 1 aliphatic carbocycles. The van der Waals surface area contributed by atoms with Gasteiger partial charge < -0.3 is 4.57 Å². The van der Waals surface area contributed by atoms with Crippen molar-refractivity contribution in [2.45, 2.75) is 51.4 Å². The van der Waals surface area contributed by atoms with E-state index in [0.29, 0.717) is 5.92 Å². The van der Waals surface area contributed by atoms with Gasteiger partial charge in [-0.3, -0.25) is 0 Å². The first kappa shape index (κ1) is 11.7. The Morgan fingerprint density at radius 3 is 2.00 bits per heavy atom. The van der Waals surface area contributed by atoms with Crippen LogP contribution in [0, 0.1) is 17.2 Å². The monoisotopic (exact) mass is 210 g/mol. The Bertz CT molecular complexity index is 218. The van der Waals surface area contributed by atoms with Crippen LogP contribution in [-0.4, -0.2) is 25.9 Å². The molecular formula is C11H22N2Si. The largest absolute Gasteiger partial charge is 0.324 e. The summed E-state index contributed by atoms with van der Waals surface area (Å²) in [6, 6.07) is 3.14. The second-order valence-electron chi connectivity index (χ2n) is 5.42. The van der Waals surface area contributed by atoms with Gasteiger partial charge in [-0.15, -0.1) is 0 Å². The number of hydrogen-bond donors (Lipinski definition) is 0. The molecular weight excluding hydrogens is 188 g/mol. The molecule has 1 rings (SSSR count). The Morgan fingerprint density at radius 1 is 1.14 bits per heavy atom. The van der Waals surface area contributed by atoms with Crippen LogP contribution in [0.25, 0.3) is 0 Å². The molecule has 0 aliphatic heterocycles. The summed E-state index contributed by atoms with van der Waals surface area (Å²) in [5, 5.41) is 8.82. The second-order valence-corrected chi connectivity index (χ2v) is 10.5. The molecule has 3 heteroatoms. The van der Waals surface area contributed by atoms with Crippen molar-refractivity contribution in [2.75, 3.05) is 7.05 Å². The Kier molecular flexibility index (Phi) is 3.74. The van der Waals surface area contributed by atoms with Gasteiger partial charge >= 0.3 is 0 Å². The molecule has 0 unspecified atom stereocenters. The molecule has 0 aromatic heterocycles. The molecule has 1 saturated carbocycles. The summed E-state index contributed by atoms with van der Waals surface area (Å²) < 4.78 is 2.60. The maximum atomic E-state index is 8.82. The molecule has 0 spiro atoms. The van der Waals surface area contributed by atoms with E-state index in [9.17, 15) is 0 Å². The van der Waals surface area contributed by atoms with Gasteiger partial charge in [0.05, 0.1) is 6.07 Å². The van der Waals surface area contributed by atoms with Gasteiger partial charge in [0.25, 0.3) is 0 Å². The highest BCUT2D eigenvalue weighted by Crippen LogP contribution is 2.28. The van der Waals surface area contributed by atoms with Gasteiger partial charge in [0, 0.05) is 12.0 Å². The highest BCUT2D eigenvalue weighted by atomic mass is 28.3. The van der Waals surface area contributed by atoms with Gasteiger partial charge in [0.2, 0.25) is 0 Å². The van der Waals surface area contributed by atoms with Crippen LogP contribution in [0.2, 0.25) is 19.6 Å². The van der Waals surface area contributed by atoms with Crippen LogP contribution < -0.4 is 0 Å². The standard InChI is InChI=1S/C11H22N2Si/c1-13(14(2,3)4)11-7-5-10(9-12)6-8-11/h10-11H,5-8H2,1-4H3. The predicted molar refractivity (Wildman–Crippen MR) is 62.5 cm³/mol. The van der Waals surface area contributed by atoms with Crippen molar-refractivity contribution in [3.05, 3.63) is 0 Å². The molecule has 14 heavy (non-hydrogen) atoms. The zero-order chi connectivity index (χ0) is 10.8. The van der Waals surface area contributed by atoms with Gasteiger partial charge in [-0.2, -0.15) is 5.26 Å². The lowest BCUT2D eigenvalue weighted by Crippen LogP contribution is -2.50. The van der Waals surface area contributed by atoms with Crippen molar-refractivity contribution in [2.24, 2.45) is 5.92 Å². The van der Waals surface area contributed by atoms with E-state index in [1.807, 2.05) is 0 Å². The third-order valence-electron chi connectivity index (χ3n) is 3.49. The number of rotatable bonds is 2. The molecule has 2 nitrogen and oxygen atoms in total. The van der Waals surface area contributed by atoms with E-state index in [2.05, 4.69) is 37.3 Å². The lowest BCUT2D eigenvalue weighted by Gasteiger charge is -2.40. The molecule has 80 valence electrons. The fraction of sp³-hybridized carbons (Fsp3) is 0.909. The zero-order valence-electron chi connectivity index (χ0n) is 9.88. The SMILES string of the molecule is CN(C1CCC(C#N)CC1)[Si](C)(C)C. The van der Waals surface area contributed by atoms with Crippen molar-refractivity contribution >= 4 is 8.24 Å². The van der Waals surface area contributed by atoms with Crippen molar-refractivity contribution in [1.82, 2.24) is 4.57 Å². The summed E-state index contributed by atoms with van der Waals surface area (Å²) in [7, 11) is 1.14. The predicted octanol–water partition coefficient (Wildman–Crippen LogP) is 2.84. The average molecular weight is 210 g/mol. The lowest BCUT2D eigenvalue weighted by molar-refractivity contribution is 0.256. The molecule has 0 heterocycles.